The highest BCUT2D eigenvalue weighted by Gasteiger charge is 2.45. The van der Waals surface area contributed by atoms with Crippen LogP contribution in [0.5, 0.6) is 5.75 Å². The molecule has 4 nitrogen and oxygen atoms in total. The van der Waals surface area contributed by atoms with Crippen molar-refractivity contribution >= 4 is 5.91 Å². The van der Waals surface area contributed by atoms with Crippen LogP contribution in [-0.4, -0.2) is 55.0 Å². The molecular weight excluding hydrogens is 254 g/mol. The van der Waals surface area contributed by atoms with Gasteiger partial charge in [-0.2, -0.15) is 8.78 Å². The lowest BCUT2D eigenvalue weighted by molar-refractivity contribution is -0.204. The highest BCUT2D eigenvalue weighted by molar-refractivity contribution is 5.82. The van der Waals surface area contributed by atoms with E-state index in [0.717, 1.165) is 4.90 Å². The predicted octanol–water partition coefficient (Wildman–Crippen LogP) is 1.43. The van der Waals surface area contributed by atoms with E-state index in [1.165, 1.54) is 12.1 Å². The van der Waals surface area contributed by atoms with Crippen molar-refractivity contribution in [1.29, 1.82) is 0 Å². The van der Waals surface area contributed by atoms with Crippen molar-refractivity contribution in [2.24, 2.45) is 0 Å². The molecule has 2 rings (SSSR count). The number of ether oxygens (including phenoxy) is 1. The zero-order valence-corrected chi connectivity index (χ0v) is 10.7. The molecule has 104 valence electrons. The minimum Gasteiger partial charge on any atom is -0.425 e. The van der Waals surface area contributed by atoms with Gasteiger partial charge in [-0.1, -0.05) is 18.2 Å². The molecule has 0 atom stereocenters. The average molecular weight is 270 g/mol. The van der Waals surface area contributed by atoms with Gasteiger partial charge in [0.2, 0.25) is 0 Å². The number of carbonyl (C=O) groups excluding carboxylic acids is 1. The number of benzene rings is 1. The molecule has 0 spiro atoms. The van der Waals surface area contributed by atoms with E-state index in [1.807, 2.05) is 11.9 Å². The van der Waals surface area contributed by atoms with E-state index in [4.69, 9.17) is 0 Å². The summed E-state index contributed by atoms with van der Waals surface area (Å²) in [5, 5.41) is 0. The summed E-state index contributed by atoms with van der Waals surface area (Å²) in [5.41, 5.74) is 0. The number of amides is 1. The molecular formula is C13H16F2N2O2. The summed E-state index contributed by atoms with van der Waals surface area (Å²) in [7, 11) is 1.89. The second-order valence-electron chi connectivity index (χ2n) is 4.53. The van der Waals surface area contributed by atoms with E-state index >= 15 is 0 Å². The third-order valence-corrected chi connectivity index (χ3v) is 3.03. The molecule has 0 aliphatic carbocycles. The summed E-state index contributed by atoms with van der Waals surface area (Å²) in [5.74, 6) is -1.29. The number of piperazine rings is 1. The minimum atomic E-state index is -3.82. The number of alkyl halides is 2. The average Bonchev–Trinajstić information content (AvgIpc) is 2.39. The first-order valence-electron chi connectivity index (χ1n) is 6.09. The van der Waals surface area contributed by atoms with Gasteiger partial charge < -0.3 is 14.5 Å². The van der Waals surface area contributed by atoms with E-state index < -0.39 is 12.0 Å². The van der Waals surface area contributed by atoms with Gasteiger partial charge in [-0.3, -0.25) is 4.79 Å². The van der Waals surface area contributed by atoms with Gasteiger partial charge in [-0.25, -0.2) is 0 Å². The summed E-state index contributed by atoms with van der Waals surface area (Å²) in [4.78, 5) is 14.9. The second-order valence-corrected chi connectivity index (χ2v) is 4.53. The predicted molar refractivity (Wildman–Crippen MR) is 66.1 cm³/mol. The van der Waals surface area contributed by atoms with Gasteiger partial charge in [-0.15, -0.1) is 0 Å². The second kappa shape index (κ2) is 5.52. The van der Waals surface area contributed by atoms with Crippen LogP contribution >= 0.6 is 0 Å². The van der Waals surface area contributed by atoms with Crippen molar-refractivity contribution in [3.63, 3.8) is 0 Å². The van der Waals surface area contributed by atoms with Crippen LogP contribution in [0.3, 0.4) is 0 Å². The number of hydrogen-bond donors (Lipinski definition) is 0. The highest BCUT2D eigenvalue weighted by Crippen LogP contribution is 2.23. The highest BCUT2D eigenvalue weighted by atomic mass is 19.3. The summed E-state index contributed by atoms with van der Waals surface area (Å²) in [6.45, 7) is 1.77. The maximum Gasteiger partial charge on any atom is 0.482 e. The number of rotatable bonds is 3. The molecule has 0 radical (unpaired) electrons. The van der Waals surface area contributed by atoms with E-state index in [9.17, 15) is 13.6 Å². The molecule has 1 aromatic rings. The molecule has 0 aromatic heterocycles. The Labute approximate surface area is 110 Å². The van der Waals surface area contributed by atoms with Gasteiger partial charge >= 0.3 is 12.0 Å². The zero-order valence-electron chi connectivity index (χ0n) is 10.7. The molecule has 1 heterocycles. The van der Waals surface area contributed by atoms with Crippen molar-refractivity contribution < 1.29 is 18.3 Å². The van der Waals surface area contributed by atoms with Gasteiger partial charge in [0.15, 0.2) is 0 Å². The number of para-hydroxylation sites is 1. The number of hydrogen-bond acceptors (Lipinski definition) is 3. The van der Waals surface area contributed by atoms with Gasteiger partial charge in [0.05, 0.1) is 0 Å². The van der Waals surface area contributed by atoms with Crippen LogP contribution in [0.1, 0.15) is 0 Å². The van der Waals surface area contributed by atoms with Crippen LogP contribution in [0.15, 0.2) is 30.3 Å². The fraction of sp³-hybridized carbons (Fsp3) is 0.462. The van der Waals surface area contributed by atoms with Crippen molar-refractivity contribution in [2.75, 3.05) is 33.2 Å². The lowest BCUT2D eigenvalue weighted by atomic mass is 10.3. The van der Waals surface area contributed by atoms with Crippen molar-refractivity contribution in [1.82, 2.24) is 9.80 Å². The van der Waals surface area contributed by atoms with E-state index in [2.05, 4.69) is 4.74 Å². The Hall–Kier alpha value is -1.69. The Kier molecular flexibility index (Phi) is 3.99. The number of likely N-dealkylation sites (N-methyl/N-ethyl adjacent to an activating group) is 1. The monoisotopic (exact) mass is 270 g/mol. The largest absolute Gasteiger partial charge is 0.482 e. The standard InChI is InChI=1S/C13H16F2N2O2/c1-16-7-9-17(10-8-16)12(18)13(14,15)19-11-5-3-2-4-6-11/h2-6H,7-10H2,1H3. The fourth-order valence-electron chi connectivity index (χ4n) is 1.87. The Morgan fingerprint density at radius 1 is 1.16 bits per heavy atom. The van der Waals surface area contributed by atoms with Crippen molar-refractivity contribution in [3.8, 4) is 5.75 Å². The van der Waals surface area contributed by atoms with E-state index in [-0.39, 0.29) is 5.75 Å². The SMILES string of the molecule is CN1CCN(C(=O)C(F)(F)Oc2ccccc2)CC1. The lowest BCUT2D eigenvalue weighted by Gasteiger charge is -2.33. The van der Waals surface area contributed by atoms with E-state index in [0.29, 0.717) is 26.2 Å². The Balaban J connectivity index is 2.00. The van der Waals surface area contributed by atoms with Crippen molar-refractivity contribution in [2.45, 2.75) is 6.11 Å². The molecule has 1 saturated heterocycles. The first-order valence-corrected chi connectivity index (χ1v) is 6.09. The molecule has 0 saturated carbocycles. The Bertz CT molecular complexity index is 432. The smallest absolute Gasteiger partial charge is 0.425 e. The minimum absolute atomic E-state index is 0.0185. The van der Waals surface area contributed by atoms with Crippen LogP contribution in [0, 0.1) is 0 Å². The van der Waals surface area contributed by atoms with Crippen molar-refractivity contribution in [3.05, 3.63) is 30.3 Å². The fourth-order valence-corrected chi connectivity index (χ4v) is 1.87. The van der Waals surface area contributed by atoms with Gasteiger partial charge in [0.1, 0.15) is 5.75 Å². The maximum absolute atomic E-state index is 13.8. The number of halogens is 2. The summed E-state index contributed by atoms with van der Waals surface area (Å²) >= 11 is 0. The first-order chi connectivity index (χ1) is 8.99. The van der Waals surface area contributed by atoms with Gasteiger partial charge in [0.25, 0.3) is 0 Å². The Morgan fingerprint density at radius 2 is 1.74 bits per heavy atom. The van der Waals surface area contributed by atoms with Crippen LogP contribution in [0.25, 0.3) is 0 Å². The molecule has 0 unspecified atom stereocenters. The molecule has 1 aliphatic rings. The first kappa shape index (κ1) is 13.7. The third-order valence-electron chi connectivity index (χ3n) is 3.03. The molecule has 1 aliphatic heterocycles. The summed E-state index contributed by atoms with van der Waals surface area (Å²) in [6, 6.07) is 7.63. The zero-order chi connectivity index (χ0) is 13.9. The molecule has 1 aromatic carbocycles. The van der Waals surface area contributed by atoms with E-state index in [1.54, 1.807) is 18.2 Å². The molecule has 0 bridgehead atoms. The van der Waals surface area contributed by atoms with Crippen LogP contribution in [0.2, 0.25) is 0 Å². The summed E-state index contributed by atoms with van der Waals surface area (Å²) in [6.07, 6.45) is -3.82. The third kappa shape index (κ3) is 3.41. The normalized spacial score (nSPS) is 17.3. The molecule has 1 fully saturated rings. The quantitative estimate of drug-likeness (QED) is 0.833. The molecule has 19 heavy (non-hydrogen) atoms. The van der Waals surface area contributed by atoms with Gasteiger partial charge in [-0.05, 0) is 19.2 Å². The molecule has 1 amide bonds. The van der Waals surface area contributed by atoms with Crippen LogP contribution in [0.4, 0.5) is 8.78 Å². The van der Waals surface area contributed by atoms with Gasteiger partial charge in [0, 0.05) is 26.2 Å². The molecule has 6 heteroatoms. The lowest BCUT2D eigenvalue weighted by Crippen LogP contribution is -2.54. The molecule has 0 N–H and O–H groups in total. The number of carbonyl (C=O) groups is 1. The van der Waals surface area contributed by atoms with Crippen LogP contribution < -0.4 is 4.74 Å². The Morgan fingerprint density at radius 3 is 2.32 bits per heavy atom. The topological polar surface area (TPSA) is 32.8 Å². The summed E-state index contributed by atoms with van der Waals surface area (Å²) < 4.78 is 32.0. The van der Waals surface area contributed by atoms with Crippen LogP contribution in [-0.2, 0) is 4.79 Å². The maximum atomic E-state index is 13.8. The number of nitrogens with zero attached hydrogens (tertiary/aromatic N) is 2.